The summed E-state index contributed by atoms with van der Waals surface area (Å²) in [5, 5.41) is 6.05. The van der Waals surface area contributed by atoms with E-state index in [4.69, 9.17) is 21.1 Å². The largest absolute Gasteiger partial charge is 0.444 e. The number of esters is 1. The van der Waals surface area contributed by atoms with Crippen molar-refractivity contribution >= 4 is 23.7 Å². The highest BCUT2D eigenvalue weighted by Gasteiger charge is 2.58. The zero-order chi connectivity index (χ0) is 19.7. The Bertz CT molecular complexity index is 541. The van der Waals surface area contributed by atoms with Gasteiger partial charge in [-0.1, -0.05) is 12.8 Å². The summed E-state index contributed by atoms with van der Waals surface area (Å²) in [4.78, 5) is 24.2. The fourth-order valence-electron chi connectivity index (χ4n) is 4.88. The topological polar surface area (TPSA) is 76.7 Å². The SMILES string of the molecule is CC(C)(C)OC(=O)NCCC(Cl)C[C@@H]1NC2(OC1=O)C1CCCC2CCC1. The van der Waals surface area contributed by atoms with E-state index < -0.39 is 17.4 Å². The summed E-state index contributed by atoms with van der Waals surface area (Å²) >= 11 is 6.45. The van der Waals surface area contributed by atoms with Gasteiger partial charge < -0.3 is 14.8 Å². The van der Waals surface area contributed by atoms with Crippen LogP contribution in [0.4, 0.5) is 4.79 Å². The molecule has 2 aliphatic carbocycles. The summed E-state index contributed by atoms with van der Waals surface area (Å²) in [6.45, 7) is 5.89. The lowest BCUT2D eigenvalue weighted by Crippen LogP contribution is -2.59. The normalized spacial score (nSPS) is 34.2. The zero-order valence-electron chi connectivity index (χ0n) is 16.7. The molecule has 0 aromatic rings. The van der Waals surface area contributed by atoms with Crippen LogP contribution in [0.3, 0.4) is 0 Å². The van der Waals surface area contributed by atoms with Crippen LogP contribution in [0.15, 0.2) is 0 Å². The van der Waals surface area contributed by atoms with Crippen LogP contribution in [0.2, 0.25) is 0 Å². The highest BCUT2D eigenvalue weighted by molar-refractivity contribution is 6.20. The minimum Gasteiger partial charge on any atom is -0.444 e. The van der Waals surface area contributed by atoms with E-state index in [1.54, 1.807) is 0 Å². The van der Waals surface area contributed by atoms with E-state index in [1.165, 1.54) is 12.8 Å². The van der Waals surface area contributed by atoms with Gasteiger partial charge in [0.25, 0.3) is 0 Å². The predicted molar refractivity (Wildman–Crippen MR) is 104 cm³/mol. The Morgan fingerprint density at radius 1 is 1.30 bits per heavy atom. The van der Waals surface area contributed by atoms with Crippen molar-refractivity contribution in [1.29, 1.82) is 0 Å². The van der Waals surface area contributed by atoms with E-state index in [0.717, 1.165) is 25.7 Å². The van der Waals surface area contributed by atoms with Crippen molar-refractivity contribution in [3.8, 4) is 0 Å². The molecule has 1 heterocycles. The fraction of sp³-hybridized carbons (Fsp3) is 0.900. The quantitative estimate of drug-likeness (QED) is 0.543. The number of alkyl carbamates (subject to hydrolysis) is 1. The number of nitrogens with one attached hydrogen (secondary N) is 2. The van der Waals surface area contributed by atoms with Gasteiger partial charge in [0.1, 0.15) is 11.6 Å². The van der Waals surface area contributed by atoms with Crippen molar-refractivity contribution in [1.82, 2.24) is 10.6 Å². The first-order valence-electron chi connectivity index (χ1n) is 10.3. The Kier molecular flexibility index (Phi) is 6.26. The third-order valence-corrected chi connectivity index (χ3v) is 6.39. The second-order valence-corrected chi connectivity index (χ2v) is 9.83. The highest BCUT2D eigenvalue weighted by atomic mass is 35.5. The van der Waals surface area contributed by atoms with Crippen LogP contribution in [-0.4, -0.2) is 41.4 Å². The van der Waals surface area contributed by atoms with Crippen LogP contribution in [0.1, 0.15) is 72.1 Å². The molecule has 7 heteroatoms. The number of ether oxygens (including phenoxy) is 2. The molecule has 0 aromatic heterocycles. The van der Waals surface area contributed by atoms with Crippen molar-refractivity contribution in [2.24, 2.45) is 11.8 Å². The van der Waals surface area contributed by atoms with Crippen molar-refractivity contribution in [2.75, 3.05) is 6.54 Å². The fourth-order valence-corrected chi connectivity index (χ4v) is 5.16. The smallest absolute Gasteiger partial charge is 0.407 e. The number of rotatable bonds is 5. The molecular weight excluding hydrogens is 368 g/mol. The maximum absolute atomic E-state index is 12.5. The van der Waals surface area contributed by atoms with Crippen LogP contribution in [0, 0.1) is 11.8 Å². The third kappa shape index (κ3) is 4.89. The van der Waals surface area contributed by atoms with Crippen molar-refractivity contribution < 1.29 is 19.1 Å². The average molecular weight is 401 g/mol. The molecule has 3 fully saturated rings. The first-order valence-corrected chi connectivity index (χ1v) is 10.7. The number of hydrogen-bond donors (Lipinski definition) is 2. The van der Waals surface area contributed by atoms with Crippen molar-refractivity contribution in [2.45, 2.75) is 94.9 Å². The number of carbonyl (C=O) groups excluding carboxylic acids is 2. The Hall–Kier alpha value is -1.01. The third-order valence-electron chi connectivity index (χ3n) is 5.99. The molecule has 3 rings (SSSR count). The first kappa shape index (κ1) is 20.7. The van der Waals surface area contributed by atoms with Gasteiger partial charge in [0.05, 0.1) is 0 Å². The molecule has 1 spiro atoms. The molecule has 154 valence electrons. The van der Waals surface area contributed by atoms with E-state index in [1.807, 2.05) is 20.8 Å². The van der Waals surface area contributed by atoms with E-state index in [2.05, 4.69) is 10.6 Å². The number of halogens is 1. The van der Waals surface area contributed by atoms with Gasteiger partial charge in [-0.2, -0.15) is 0 Å². The second kappa shape index (κ2) is 8.16. The van der Waals surface area contributed by atoms with Crippen LogP contribution in [0.5, 0.6) is 0 Å². The standard InChI is InChI=1S/C20H33ClN2O4/c1-19(2,3)27-18(25)22-11-10-15(21)12-16-17(24)26-20(23-16)13-6-4-7-14(20)9-5-8-13/h13-16,23H,4-12H2,1-3H3,(H,22,25)/t13?,14?,15?,16-,20?/m0/s1. The van der Waals surface area contributed by atoms with Crippen LogP contribution in [0.25, 0.3) is 0 Å². The molecular formula is C20H33ClN2O4. The van der Waals surface area contributed by atoms with Gasteiger partial charge in [0.2, 0.25) is 0 Å². The van der Waals surface area contributed by atoms with Gasteiger partial charge in [-0.05, 0) is 59.3 Å². The van der Waals surface area contributed by atoms with E-state index >= 15 is 0 Å². The van der Waals surface area contributed by atoms with E-state index in [-0.39, 0.29) is 17.4 Å². The van der Waals surface area contributed by atoms with Crippen LogP contribution in [-0.2, 0) is 14.3 Å². The number of hydrogen-bond acceptors (Lipinski definition) is 5. The lowest BCUT2D eigenvalue weighted by atomic mass is 9.65. The maximum atomic E-state index is 12.5. The molecule has 2 atom stereocenters. The van der Waals surface area contributed by atoms with Crippen molar-refractivity contribution in [3.63, 3.8) is 0 Å². The number of amides is 1. The van der Waals surface area contributed by atoms with Gasteiger partial charge >= 0.3 is 12.1 Å². The lowest BCUT2D eigenvalue weighted by molar-refractivity contribution is -0.174. The number of alkyl halides is 1. The molecule has 2 bridgehead atoms. The Balaban J connectivity index is 1.47. The molecule has 0 aromatic carbocycles. The predicted octanol–water partition coefficient (Wildman–Crippen LogP) is 3.71. The maximum Gasteiger partial charge on any atom is 0.407 e. The van der Waals surface area contributed by atoms with Gasteiger partial charge in [-0.25, -0.2) is 4.79 Å². The highest BCUT2D eigenvalue weighted by Crippen LogP contribution is 2.50. The molecule has 27 heavy (non-hydrogen) atoms. The van der Waals surface area contributed by atoms with E-state index in [0.29, 0.717) is 31.2 Å². The molecule has 2 N–H and O–H groups in total. The van der Waals surface area contributed by atoms with Crippen LogP contribution >= 0.6 is 11.6 Å². The molecule has 1 unspecified atom stereocenters. The Morgan fingerprint density at radius 3 is 2.44 bits per heavy atom. The summed E-state index contributed by atoms with van der Waals surface area (Å²) in [5.41, 5.74) is -0.974. The summed E-state index contributed by atoms with van der Waals surface area (Å²) < 4.78 is 11.2. The van der Waals surface area contributed by atoms with Gasteiger partial charge in [0, 0.05) is 23.8 Å². The lowest BCUT2D eigenvalue weighted by Gasteiger charge is -2.49. The van der Waals surface area contributed by atoms with Gasteiger partial charge in [-0.3, -0.25) is 10.1 Å². The zero-order valence-corrected chi connectivity index (χ0v) is 17.4. The van der Waals surface area contributed by atoms with E-state index in [9.17, 15) is 9.59 Å². The molecule has 1 saturated heterocycles. The first-order chi connectivity index (χ1) is 12.7. The molecule has 0 radical (unpaired) electrons. The van der Waals surface area contributed by atoms with Crippen LogP contribution < -0.4 is 10.6 Å². The summed E-state index contributed by atoms with van der Waals surface area (Å²) in [5.74, 6) is 0.697. The number of carbonyl (C=O) groups is 2. The molecule has 1 aliphatic heterocycles. The van der Waals surface area contributed by atoms with Crippen molar-refractivity contribution in [3.05, 3.63) is 0 Å². The minimum absolute atomic E-state index is 0.167. The monoisotopic (exact) mass is 400 g/mol. The van der Waals surface area contributed by atoms with Gasteiger partial charge in [-0.15, -0.1) is 11.6 Å². The molecule has 1 amide bonds. The minimum atomic E-state index is -0.519. The Labute approximate surface area is 167 Å². The molecule has 6 nitrogen and oxygen atoms in total. The summed E-state index contributed by atoms with van der Waals surface area (Å²) in [6.07, 6.45) is 7.63. The summed E-state index contributed by atoms with van der Waals surface area (Å²) in [7, 11) is 0. The van der Waals surface area contributed by atoms with Gasteiger partial charge in [0.15, 0.2) is 5.72 Å². The second-order valence-electron chi connectivity index (χ2n) is 9.22. The summed E-state index contributed by atoms with van der Waals surface area (Å²) in [6, 6.07) is -0.352. The molecule has 2 saturated carbocycles. The Morgan fingerprint density at radius 2 is 1.89 bits per heavy atom. The average Bonchev–Trinajstić information content (AvgIpc) is 2.81. The molecule has 3 aliphatic rings.